The number of nitrogens with zero attached hydrogens (tertiary/aromatic N) is 3. The van der Waals surface area contributed by atoms with Crippen molar-refractivity contribution >= 4 is 50.8 Å². The maximum absolute atomic E-state index is 14.0. The Balaban J connectivity index is 1.77. The Kier molecular flexibility index (Phi) is 7.26. The predicted octanol–water partition coefficient (Wildman–Crippen LogP) is 6.65. The van der Waals surface area contributed by atoms with Crippen LogP contribution in [0.4, 0.5) is 29.6 Å². The van der Waals surface area contributed by atoms with E-state index in [0.29, 0.717) is 27.6 Å². The van der Waals surface area contributed by atoms with Gasteiger partial charge in [0.1, 0.15) is 5.56 Å². The van der Waals surface area contributed by atoms with Gasteiger partial charge < -0.3 is 15.0 Å². The number of hydrogen-bond acceptors (Lipinski definition) is 6. The Morgan fingerprint density at radius 2 is 2.19 bits per heavy atom. The van der Waals surface area contributed by atoms with Crippen LogP contribution in [0, 0.1) is 5.92 Å². The van der Waals surface area contributed by atoms with E-state index >= 15 is 0 Å². The standard InChI is InChI=1S/C24H26BrF3N6O2/c1-4-29-10-13-6-5-9-23(13,2)34-21-31-12-16(24(26,27)28)19(33-21)15-11-30-20-14(15)7-8-17(18(20)25)32-22(35)36-3/h7-8,10-13,30H,4-6,9H2,1-3H3,(H,32,35)(H,31,33,34)/t13?,23-/m0/s1. The van der Waals surface area contributed by atoms with Gasteiger partial charge in [-0.05, 0) is 48.7 Å². The lowest BCUT2D eigenvalue weighted by Crippen LogP contribution is -2.40. The number of fused-ring (bicyclic) bond motifs is 1. The molecule has 1 unspecified atom stereocenters. The van der Waals surface area contributed by atoms with Crippen molar-refractivity contribution in [2.45, 2.75) is 44.8 Å². The van der Waals surface area contributed by atoms with Crippen molar-refractivity contribution in [2.75, 3.05) is 24.3 Å². The molecule has 0 spiro atoms. The van der Waals surface area contributed by atoms with Crippen molar-refractivity contribution in [3.8, 4) is 11.3 Å². The predicted molar refractivity (Wildman–Crippen MR) is 136 cm³/mol. The van der Waals surface area contributed by atoms with Gasteiger partial charge in [-0.25, -0.2) is 14.8 Å². The lowest BCUT2D eigenvalue weighted by Gasteiger charge is -2.31. The number of carbonyl (C=O) groups is 1. The minimum atomic E-state index is -4.66. The first kappa shape index (κ1) is 25.9. The molecule has 1 aliphatic rings. The number of ether oxygens (including phenoxy) is 1. The maximum Gasteiger partial charge on any atom is 0.419 e. The second kappa shape index (κ2) is 10.1. The van der Waals surface area contributed by atoms with Crippen LogP contribution in [0.3, 0.4) is 0 Å². The van der Waals surface area contributed by atoms with Crippen molar-refractivity contribution in [1.29, 1.82) is 0 Å². The van der Waals surface area contributed by atoms with Crippen LogP contribution in [0.15, 0.2) is 34.0 Å². The second-order valence-electron chi connectivity index (χ2n) is 8.81. The average Bonchev–Trinajstić information content (AvgIpc) is 3.42. The molecule has 2 atom stereocenters. The number of benzene rings is 1. The molecule has 2 heterocycles. The third-order valence-electron chi connectivity index (χ3n) is 6.46. The lowest BCUT2D eigenvalue weighted by atomic mass is 9.90. The molecule has 36 heavy (non-hydrogen) atoms. The lowest BCUT2D eigenvalue weighted by molar-refractivity contribution is -0.137. The highest BCUT2D eigenvalue weighted by Gasteiger charge is 2.40. The molecule has 0 bridgehead atoms. The molecular formula is C24H26BrF3N6O2. The highest BCUT2D eigenvalue weighted by atomic mass is 79.9. The van der Waals surface area contributed by atoms with Gasteiger partial charge in [0.05, 0.1) is 28.5 Å². The number of H-pyrrole nitrogens is 1. The highest BCUT2D eigenvalue weighted by molar-refractivity contribution is 9.10. The number of aromatic nitrogens is 3. The monoisotopic (exact) mass is 566 g/mol. The van der Waals surface area contributed by atoms with E-state index in [4.69, 9.17) is 0 Å². The van der Waals surface area contributed by atoms with Crippen LogP contribution in [0.5, 0.6) is 0 Å². The van der Waals surface area contributed by atoms with E-state index in [1.54, 1.807) is 12.1 Å². The van der Waals surface area contributed by atoms with Crippen LogP contribution < -0.4 is 10.6 Å². The van der Waals surface area contributed by atoms with E-state index in [0.717, 1.165) is 25.5 Å². The third kappa shape index (κ3) is 5.04. The number of rotatable bonds is 6. The summed E-state index contributed by atoms with van der Waals surface area (Å²) in [5.74, 6) is 0.242. The van der Waals surface area contributed by atoms with Crippen LogP contribution in [-0.2, 0) is 10.9 Å². The first-order valence-electron chi connectivity index (χ1n) is 11.4. The van der Waals surface area contributed by atoms with Crippen LogP contribution in [0.1, 0.15) is 38.7 Å². The van der Waals surface area contributed by atoms with Crippen molar-refractivity contribution in [3.05, 3.63) is 34.6 Å². The Morgan fingerprint density at radius 1 is 1.42 bits per heavy atom. The SMILES string of the molecule is CCN=CC1CCC[C@]1(C)Nc1ncc(C(F)(F)F)c(-c2c[nH]c3c(Br)c(NC(=O)OC)ccc23)n1. The summed E-state index contributed by atoms with van der Waals surface area (Å²) in [6.07, 6.45) is 1.59. The minimum Gasteiger partial charge on any atom is -0.453 e. The highest BCUT2D eigenvalue weighted by Crippen LogP contribution is 2.42. The fraction of sp³-hybridized carbons (Fsp3) is 0.417. The molecule has 2 aromatic heterocycles. The number of hydrogen-bond donors (Lipinski definition) is 3. The van der Waals surface area contributed by atoms with E-state index in [9.17, 15) is 18.0 Å². The molecule has 0 saturated heterocycles. The third-order valence-corrected chi connectivity index (χ3v) is 7.28. The normalized spacial score (nSPS) is 20.2. The van der Waals surface area contributed by atoms with Gasteiger partial charge in [-0.3, -0.25) is 10.3 Å². The summed E-state index contributed by atoms with van der Waals surface area (Å²) in [4.78, 5) is 27.4. The fourth-order valence-corrected chi connectivity index (χ4v) is 5.11. The zero-order valence-corrected chi connectivity index (χ0v) is 21.5. The molecule has 0 aliphatic heterocycles. The number of carbonyl (C=O) groups excluding carboxylic acids is 1. The Bertz CT molecular complexity index is 1310. The van der Waals surface area contributed by atoms with E-state index in [-0.39, 0.29) is 23.1 Å². The number of methoxy groups -OCH3 is 1. The van der Waals surface area contributed by atoms with E-state index < -0.39 is 23.4 Å². The van der Waals surface area contributed by atoms with Crippen molar-refractivity contribution < 1.29 is 22.7 Å². The largest absolute Gasteiger partial charge is 0.453 e. The molecule has 4 rings (SSSR count). The second-order valence-corrected chi connectivity index (χ2v) is 9.60. The molecule has 8 nitrogen and oxygen atoms in total. The summed E-state index contributed by atoms with van der Waals surface area (Å²) in [5.41, 5.74) is -0.451. The molecule has 0 radical (unpaired) electrons. The minimum absolute atomic E-state index is 0.120. The molecule has 192 valence electrons. The molecule has 1 aliphatic carbocycles. The summed E-state index contributed by atoms with van der Waals surface area (Å²) in [6.45, 7) is 4.64. The topological polar surface area (TPSA) is 104 Å². The summed E-state index contributed by atoms with van der Waals surface area (Å²) >= 11 is 3.41. The van der Waals surface area contributed by atoms with Crippen LogP contribution >= 0.6 is 15.9 Å². The van der Waals surface area contributed by atoms with Crippen LogP contribution in [0.25, 0.3) is 22.2 Å². The first-order chi connectivity index (χ1) is 17.1. The summed E-state index contributed by atoms with van der Waals surface area (Å²) in [5, 5.41) is 6.34. The smallest absolute Gasteiger partial charge is 0.419 e. The van der Waals surface area contributed by atoms with Gasteiger partial charge in [-0.15, -0.1) is 0 Å². The van der Waals surface area contributed by atoms with Crippen molar-refractivity contribution in [2.24, 2.45) is 10.9 Å². The van der Waals surface area contributed by atoms with Gasteiger partial charge in [0.2, 0.25) is 5.95 Å². The van der Waals surface area contributed by atoms with Crippen molar-refractivity contribution in [3.63, 3.8) is 0 Å². The van der Waals surface area contributed by atoms with E-state index in [1.807, 2.05) is 20.1 Å². The zero-order chi connectivity index (χ0) is 26.1. The Hall–Kier alpha value is -3.15. The van der Waals surface area contributed by atoms with Crippen LogP contribution in [0.2, 0.25) is 0 Å². The molecular weight excluding hydrogens is 541 g/mol. The summed E-state index contributed by atoms with van der Waals surface area (Å²) in [6, 6.07) is 3.19. The molecule has 1 fully saturated rings. The van der Waals surface area contributed by atoms with E-state index in [2.05, 4.69) is 51.2 Å². The Morgan fingerprint density at radius 3 is 2.89 bits per heavy atom. The van der Waals surface area contributed by atoms with Gasteiger partial charge in [-0.1, -0.05) is 12.5 Å². The molecule has 1 amide bonds. The van der Waals surface area contributed by atoms with Gasteiger partial charge in [0.25, 0.3) is 0 Å². The number of nitrogens with one attached hydrogen (secondary N) is 3. The summed E-state index contributed by atoms with van der Waals surface area (Å²) < 4.78 is 47.0. The average molecular weight is 567 g/mol. The number of aliphatic imine (C=N–C) groups is 1. The van der Waals surface area contributed by atoms with Gasteiger partial charge >= 0.3 is 12.3 Å². The van der Waals surface area contributed by atoms with Gasteiger partial charge in [0, 0.05) is 47.6 Å². The molecule has 3 N–H and O–H groups in total. The molecule has 3 aromatic rings. The molecule has 1 saturated carbocycles. The number of halogens is 4. The van der Waals surface area contributed by atoms with Crippen molar-refractivity contribution in [1.82, 2.24) is 15.0 Å². The van der Waals surface area contributed by atoms with Crippen LogP contribution in [-0.4, -0.2) is 46.5 Å². The Labute approximate surface area is 214 Å². The first-order valence-corrected chi connectivity index (χ1v) is 12.2. The summed E-state index contributed by atoms with van der Waals surface area (Å²) in [7, 11) is 1.23. The quantitative estimate of drug-likeness (QED) is 0.290. The molecule has 1 aromatic carbocycles. The number of amides is 1. The fourth-order valence-electron chi connectivity index (χ4n) is 4.55. The number of alkyl halides is 3. The maximum atomic E-state index is 14.0. The van der Waals surface area contributed by atoms with Gasteiger partial charge in [-0.2, -0.15) is 13.2 Å². The van der Waals surface area contributed by atoms with Gasteiger partial charge in [0.15, 0.2) is 0 Å². The number of anilines is 2. The number of aromatic amines is 1. The zero-order valence-electron chi connectivity index (χ0n) is 20.0. The van der Waals surface area contributed by atoms with E-state index in [1.165, 1.54) is 13.3 Å². The molecule has 12 heteroatoms.